The molecule has 2 rings (SSSR count). The van der Waals surface area contributed by atoms with Crippen molar-refractivity contribution < 1.29 is 5.11 Å². The lowest BCUT2D eigenvalue weighted by Gasteiger charge is -2.41. The summed E-state index contributed by atoms with van der Waals surface area (Å²) >= 11 is 0. The zero-order valence-corrected chi connectivity index (χ0v) is 7.63. The number of rotatable bonds is 1. The normalized spacial score (nSPS) is 42.2. The van der Waals surface area contributed by atoms with Gasteiger partial charge in [0.05, 0.1) is 0 Å². The first-order valence-electron chi connectivity index (χ1n) is 5.23. The van der Waals surface area contributed by atoms with Crippen molar-refractivity contribution in [3.8, 4) is 0 Å². The highest BCUT2D eigenvalue weighted by Crippen LogP contribution is 2.36. The summed E-state index contributed by atoms with van der Waals surface area (Å²) in [6.45, 7) is 2.62. The van der Waals surface area contributed by atoms with Gasteiger partial charge in [-0.05, 0) is 37.1 Å². The first kappa shape index (κ1) is 8.52. The maximum Gasteiger partial charge on any atom is 0.0474 e. The topological polar surface area (TPSA) is 32.3 Å². The summed E-state index contributed by atoms with van der Waals surface area (Å²) in [6, 6.07) is 0. The van der Waals surface area contributed by atoms with E-state index in [9.17, 15) is 5.11 Å². The number of piperidine rings is 1. The second kappa shape index (κ2) is 3.75. The molecule has 1 aliphatic heterocycles. The minimum Gasteiger partial charge on any atom is -0.396 e. The van der Waals surface area contributed by atoms with Crippen LogP contribution in [0.3, 0.4) is 0 Å². The van der Waals surface area contributed by atoms with Gasteiger partial charge in [-0.25, -0.2) is 0 Å². The summed E-state index contributed by atoms with van der Waals surface area (Å²) in [6.07, 6.45) is 5.53. The molecule has 1 saturated carbocycles. The van der Waals surface area contributed by atoms with Gasteiger partial charge >= 0.3 is 0 Å². The van der Waals surface area contributed by atoms with Crippen LogP contribution in [0.5, 0.6) is 0 Å². The second-order valence-electron chi connectivity index (χ2n) is 4.31. The molecule has 1 aliphatic carbocycles. The van der Waals surface area contributed by atoms with Gasteiger partial charge in [0.15, 0.2) is 0 Å². The molecule has 12 heavy (non-hydrogen) atoms. The van der Waals surface area contributed by atoms with E-state index in [1.165, 1.54) is 32.2 Å². The maximum atomic E-state index is 9.19. The minimum absolute atomic E-state index is 0.383. The van der Waals surface area contributed by atoms with Gasteiger partial charge in [0.25, 0.3) is 0 Å². The van der Waals surface area contributed by atoms with Crippen LogP contribution in [-0.4, -0.2) is 24.8 Å². The Morgan fingerprint density at radius 2 is 2.00 bits per heavy atom. The quantitative estimate of drug-likeness (QED) is 0.614. The number of nitrogens with one attached hydrogen (secondary N) is 1. The summed E-state index contributed by atoms with van der Waals surface area (Å²) < 4.78 is 0. The molecular formula is C10H19NO. The Labute approximate surface area is 74.4 Å². The maximum absolute atomic E-state index is 9.19. The van der Waals surface area contributed by atoms with Crippen LogP contribution in [0.2, 0.25) is 0 Å². The first-order valence-corrected chi connectivity index (χ1v) is 5.23. The van der Waals surface area contributed by atoms with Crippen LogP contribution < -0.4 is 5.32 Å². The summed E-state index contributed by atoms with van der Waals surface area (Å²) in [5.41, 5.74) is 0. The number of hydrogen-bond acceptors (Lipinski definition) is 2. The smallest absolute Gasteiger partial charge is 0.0474 e. The van der Waals surface area contributed by atoms with Crippen molar-refractivity contribution in [1.29, 1.82) is 0 Å². The second-order valence-corrected chi connectivity index (χ2v) is 4.31. The summed E-state index contributed by atoms with van der Waals surface area (Å²) in [5, 5.41) is 12.6. The van der Waals surface area contributed by atoms with E-state index in [1.54, 1.807) is 0 Å². The predicted molar refractivity (Wildman–Crippen MR) is 48.9 cm³/mol. The molecule has 0 aromatic heterocycles. The van der Waals surface area contributed by atoms with Gasteiger partial charge in [-0.15, -0.1) is 0 Å². The van der Waals surface area contributed by atoms with E-state index in [0.29, 0.717) is 12.5 Å². The molecule has 0 amide bonds. The Bertz CT molecular complexity index is 140. The van der Waals surface area contributed by atoms with E-state index < -0.39 is 0 Å². The molecule has 2 fully saturated rings. The van der Waals surface area contributed by atoms with Crippen molar-refractivity contribution in [1.82, 2.24) is 5.32 Å². The Morgan fingerprint density at radius 3 is 2.83 bits per heavy atom. The van der Waals surface area contributed by atoms with E-state index in [-0.39, 0.29) is 0 Å². The Morgan fingerprint density at radius 1 is 1.17 bits per heavy atom. The third-order valence-electron chi connectivity index (χ3n) is 3.62. The number of fused-ring (bicyclic) bond motifs is 1. The Hall–Kier alpha value is -0.0800. The van der Waals surface area contributed by atoms with Crippen molar-refractivity contribution in [3.63, 3.8) is 0 Å². The third kappa shape index (κ3) is 1.50. The minimum atomic E-state index is 0.383. The molecule has 0 radical (unpaired) electrons. The molecule has 2 aliphatic rings. The molecule has 0 aromatic carbocycles. The van der Waals surface area contributed by atoms with Crippen molar-refractivity contribution in [2.75, 3.05) is 19.7 Å². The molecule has 0 bridgehead atoms. The van der Waals surface area contributed by atoms with Crippen molar-refractivity contribution in [3.05, 3.63) is 0 Å². The monoisotopic (exact) mass is 169 g/mol. The van der Waals surface area contributed by atoms with E-state index in [2.05, 4.69) is 5.32 Å². The highest BCUT2D eigenvalue weighted by Gasteiger charge is 2.33. The van der Waals surface area contributed by atoms with Crippen molar-refractivity contribution in [2.45, 2.75) is 25.7 Å². The molecule has 1 saturated heterocycles. The third-order valence-corrected chi connectivity index (χ3v) is 3.62. The van der Waals surface area contributed by atoms with Gasteiger partial charge in [-0.1, -0.05) is 12.8 Å². The average molecular weight is 169 g/mol. The van der Waals surface area contributed by atoms with Gasteiger partial charge < -0.3 is 10.4 Å². The standard InChI is InChI=1S/C10H19NO/c12-7-9-6-11-5-8-3-1-2-4-10(8)9/h8-12H,1-7H2/t8-,9?,10-/m1/s1. The van der Waals surface area contributed by atoms with E-state index >= 15 is 0 Å². The number of aliphatic hydroxyl groups excluding tert-OH is 1. The molecule has 2 heteroatoms. The van der Waals surface area contributed by atoms with Gasteiger partial charge in [-0.3, -0.25) is 0 Å². The van der Waals surface area contributed by atoms with Crippen LogP contribution in [0.25, 0.3) is 0 Å². The lowest BCUT2D eigenvalue weighted by atomic mass is 9.70. The Kier molecular flexibility index (Phi) is 2.66. The number of hydrogen-bond donors (Lipinski definition) is 2. The zero-order valence-electron chi connectivity index (χ0n) is 7.63. The van der Waals surface area contributed by atoms with Crippen LogP contribution in [0.15, 0.2) is 0 Å². The molecule has 1 unspecified atom stereocenters. The molecule has 0 spiro atoms. The molecule has 2 N–H and O–H groups in total. The van der Waals surface area contributed by atoms with Crippen LogP contribution in [-0.2, 0) is 0 Å². The fourth-order valence-electron chi connectivity index (χ4n) is 2.92. The molecule has 0 aromatic rings. The van der Waals surface area contributed by atoms with E-state index in [1.807, 2.05) is 0 Å². The summed E-state index contributed by atoms with van der Waals surface area (Å²) in [4.78, 5) is 0. The molecule has 3 atom stereocenters. The predicted octanol–water partition coefficient (Wildman–Crippen LogP) is 1.00. The molecule has 70 valence electrons. The van der Waals surface area contributed by atoms with Crippen LogP contribution in [0.1, 0.15) is 25.7 Å². The van der Waals surface area contributed by atoms with Gasteiger partial charge in [0.1, 0.15) is 0 Å². The fourth-order valence-corrected chi connectivity index (χ4v) is 2.92. The Balaban J connectivity index is 1.99. The van der Waals surface area contributed by atoms with Crippen molar-refractivity contribution >= 4 is 0 Å². The number of aliphatic hydroxyl groups is 1. The van der Waals surface area contributed by atoms with Gasteiger partial charge in [-0.2, -0.15) is 0 Å². The van der Waals surface area contributed by atoms with Crippen LogP contribution in [0.4, 0.5) is 0 Å². The molecule has 1 heterocycles. The highest BCUT2D eigenvalue weighted by molar-refractivity contribution is 4.86. The molecular weight excluding hydrogens is 150 g/mol. The lowest BCUT2D eigenvalue weighted by molar-refractivity contribution is 0.0728. The highest BCUT2D eigenvalue weighted by atomic mass is 16.3. The fraction of sp³-hybridized carbons (Fsp3) is 1.00. The van der Waals surface area contributed by atoms with Crippen LogP contribution >= 0.6 is 0 Å². The summed E-state index contributed by atoms with van der Waals surface area (Å²) in [7, 11) is 0. The summed E-state index contributed by atoms with van der Waals surface area (Å²) in [5.74, 6) is 2.23. The zero-order chi connectivity index (χ0) is 8.39. The van der Waals surface area contributed by atoms with E-state index in [0.717, 1.165) is 18.4 Å². The van der Waals surface area contributed by atoms with Crippen molar-refractivity contribution in [2.24, 2.45) is 17.8 Å². The van der Waals surface area contributed by atoms with Gasteiger partial charge in [0.2, 0.25) is 0 Å². The SMILES string of the molecule is OCC1CNC[C@H]2CCCC[C@@H]12. The largest absolute Gasteiger partial charge is 0.396 e. The van der Waals surface area contributed by atoms with Crippen LogP contribution in [0, 0.1) is 17.8 Å². The van der Waals surface area contributed by atoms with Gasteiger partial charge in [0, 0.05) is 13.2 Å². The van der Waals surface area contributed by atoms with E-state index in [4.69, 9.17) is 0 Å². The average Bonchev–Trinajstić information content (AvgIpc) is 2.17. The molecule has 2 nitrogen and oxygen atoms in total. The lowest BCUT2D eigenvalue weighted by Crippen LogP contribution is -2.46. The first-order chi connectivity index (χ1) is 5.92.